The summed E-state index contributed by atoms with van der Waals surface area (Å²) in [7, 11) is 0. The van der Waals surface area contributed by atoms with Crippen molar-refractivity contribution in [3.63, 3.8) is 0 Å². The summed E-state index contributed by atoms with van der Waals surface area (Å²) in [6.45, 7) is 1.35. The number of hydrogen-bond acceptors (Lipinski definition) is 5. The minimum atomic E-state index is -1.83. The zero-order valence-electron chi connectivity index (χ0n) is 9.41. The summed E-state index contributed by atoms with van der Waals surface area (Å²) in [5, 5.41) is 47.1. The van der Waals surface area contributed by atoms with E-state index in [1.54, 1.807) is 0 Å². The van der Waals surface area contributed by atoms with Gasteiger partial charge in [-0.1, -0.05) is 6.92 Å². The highest BCUT2D eigenvalue weighted by molar-refractivity contribution is 5.61. The first-order valence-electron chi connectivity index (χ1n) is 4.44. The lowest BCUT2D eigenvalue weighted by molar-refractivity contribution is 0.00304. The highest BCUT2D eigenvalue weighted by Gasteiger charge is 2.24. The minimum absolute atomic E-state index is 0.156. The molecular formula is C8H19NO8. The first kappa shape index (κ1) is 20.8. The molecule has 0 fully saturated rings. The van der Waals surface area contributed by atoms with E-state index >= 15 is 0 Å². The number of rotatable bonds is 4. The Balaban J connectivity index is -0.000000205. The van der Waals surface area contributed by atoms with Crippen LogP contribution in [-0.4, -0.2) is 62.7 Å². The minimum Gasteiger partial charge on any atom is -0.465 e. The Morgan fingerprint density at radius 1 is 1.00 bits per heavy atom. The van der Waals surface area contributed by atoms with Crippen molar-refractivity contribution in [3.8, 4) is 0 Å². The van der Waals surface area contributed by atoms with Gasteiger partial charge in [0, 0.05) is 5.41 Å². The molecule has 9 heteroatoms. The molecule has 0 saturated carbocycles. The van der Waals surface area contributed by atoms with Gasteiger partial charge in [-0.25, -0.2) is 9.59 Å². The van der Waals surface area contributed by atoms with E-state index in [2.05, 4.69) is 5.73 Å². The molecule has 0 unspecified atom stereocenters. The second-order valence-corrected chi connectivity index (χ2v) is 2.95. The predicted molar refractivity (Wildman–Crippen MR) is 56.8 cm³/mol. The maximum absolute atomic E-state index is 8.78. The van der Waals surface area contributed by atoms with Crippen LogP contribution in [0.3, 0.4) is 0 Å². The molecule has 0 aromatic heterocycles. The van der Waals surface area contributed by atoms with Crippen LogP contribution in [-0.2, 0) is 0 Å². The van der Waals surface area contributed by atoms with Crippen LogP contribution in [0.1, 0.15) is 13.3 Å². The Hall–Kier alpha value is -1.58. The number of aliphatic hydroxyl groups excluding tert-OH is 3. The van der Waals surface area contributed by atoms with Gasteiger partial charge in [-0.05, 0) is 6.42 Å². The Morgan fingerprint density at radius 2 is 1.18 bits per heavy atom. The molecule has 104 valence electrons. The largest absolute Gasteiger partial charge is 0.503 e. The van der Waals surface area contributed by atoms with E-state index < -0.39 is 17.7 Å². The fourth-order valence-corrected chi connectivity index (χ4v) is 0.485. The second kappa shape index (κ2) is 12.5. The standard InChI is InChI=1S/C6H14O3.CH3NO2.CH2O3/c1-2-6(3-7,4-8)5-9;2*2-1(3)4/h7-9H,2-5H2,1H3;2H2,(H,3,4);(H2,2,3,4). The smallest absolute Gasteiger partial charge is 0.465 e. The maximum atomic E-state index is 8.78. The molecule has 0 aliphatic heterocycles. The molecule has 0 saturated heterocycles. The molecule has 0 aromatic rings. The molecule has 1 amide bonds. The van der Waals surface area contributed by atoms with E-state index in [1.807, 2.05) is 6.92 Å². The van der Waals surface area contributed by atoms with Crippen LogP contribution in [0.5, 0.6) is 0 Å². The molecule has 0 aromatic carbocycles. The fraction of sp³-hybridized carbons (Fsp3) is 0.750. The Kier molecular flexibility index (Phi) is 15.3. The predicted octanol–water partition coefficient (Wildman–Crippen LogP) is -0.795. The third-order valence-electron chi connectivity index (χ3n) is 1.76. The fourth-order valence-electron chi connectivity index (χ4n) is 0.485. The van der Waals surface area contributed by atoms with Gasteiger partial charge in [-0.3, -0.25) is 0 Å². The first-order valence-corrected chi connectivity index (χ1v) is 4.44. The molecule has 0 heterocycles. The number of primary amides is 1. The van der Waals surface area contributed by atoms with Crippen molar-refractivity contribution >= 4 is 12.2 Å². The van der Waals surface area contributed by atoms with Gasteiger partial charge < -0.3 is 36.4 Å². The van der Waals surface area contributed by atoms with Crippen molar-refractivity contribution in [2.24, 2.45) is 11.1 Å². The quantitative estimate of drug-likeness (QED) is 0.341. The third-order valence-corrected chi connectivity index (χ3v) is 1.76. The molecule has 0 rings (SSSR count). The van der Waals surface area contributed by atoms with Gasteiger partial charge in [0.15, 0.2) is 0 Å². The summed E-state index contributed by atoms with van der Waals surface area (Å²) in [6.07, 6.45) is -2.57. The lowest BCUT2D eigenvalue weighted by Gasteiger charge is -2.24. The van der Waals surface area contributed by atoms with Gasteiger partial charge in [0.1, 0.15) is 0 Å². The number of carboxylic acid groups (broad SMARTS) is 3. The van der Waals surface area contributed by atoms with Gasteiger partial charge >= 0.3 is 12.2 Å². The van der Waals surface area contributed by atoms with Gasteiger partial charge in [0.05, 0.1) is 19.8 Å². The van der Waals surface area contributed by atoms with Crippen molar-refractivity contribution < 1.29 is 40.2 Å². The number of amides is 1. The second-order valence-electron chi connectivity index (χ2n) is 2.95. The van der Waals surface area contributed by atoms with Crippen molar-refractivity contribution in [1.29, 1.82) is 0 Å². The summed E-state index contributed by atoms with van der Waals surface area (Å²) in [4.78, 5) is 17.3. The van der Waals surface area contributed by atoms with E-state index in [9.17, 15) is 0 Å². The summed E-state index contributed by atoms with van der Waals surface area (Å²) < 4.78 is 0. The summed E-state index contributed by atoms with van der Waals surface area (Å²) >= 11 is 0. The van der Waals surface area contributed by atoms with E-state index in [1.165, 1.54) is 0 Å². The van der Waals surface area contributed by atoms with Crippen LogP contribution in [0.25, 0.3) is 0 Å². The molecule has 17 heavy (non-hydrogen) atoms. The number of aliphatic hydroxyl groups is 3. The molecule has 0 bridgehead atoms. The van der Waals surface area contributed by atoms with E-state index in [-0.39, 0.29) is 19.8 Å². The van der Waals surface area contributed by atoms with E-state index in [0.29, 0.717) is 6.42 Å². The van der Waals surface area contributed by atoms with Crippen LogP contribution in [0.4, 0.5) is 9.59 Å². The number of carbonyl (C=O) groups is 2. The van der Waals surface area contributed by atoms with Crippen molar-refractivity contribution in [3.05, 3.63) is 0 Å². The molecule has 0 radical (unpaired) electrons. The average Bonchev–Trinajstić information content (AvgIpc) is 2.20. The normalized spacial score (nSPS) is 9.18. The first-order chi connectivity index (χ1) is 7.71. The zero-order valence-corrected chi connectivity index (χ0v) is 9.41. The van der Waals surface area contributed by atoms with E-state index in [4.69, 9.17) is 40.2 Å². The monoisotopic (exact) mass is 257 g/mol. The lowest BCUT2D eigenvalue weighted by Crippen LogP contribution is -2.32. The lowest BCUT2D eigenvalue weighted by atomic mass is 9.88. The number of nitrogens with two attached hydrogens (primary N) is 1. The molecule has 0 atom stereocenters. The topological polar surface area (TPSA) is 182 Å². The zero-order chi connectivity index (χ0) is 14.5. The van der Waals surface area contributed by atoms with E-state index in [0.717, 1.165) is 0 Å². The molecule has 0 spiro atoms. The van der Waals surface area contributed by atoms with Crippen molar-refractivity contribution in [1.82, 2.24) is 0 Å². The van der Waals surface area contributed by atoms with Crippen LogP contribution >= 0.6 is 0 Å². The maximum Gasteiger partial charge on any atom is 0.503 e. The van der Waals surface area contributed by atoms with Crippen molar-refractivity contribution in [2.45, 2.75) is 13.3 Å². The van der Waals surface area contributed by atoms with Gasteiger partial charge in [-0.15, -0.1) is 0 Å². The van der Waals surface area contributed by atoms with Crippen molar-refractivity contribution in [2.75, 3.05) is 19.8 Å². The Bertz CT molecular complexity index is 166. The SMILES string of the molecule is CCC(CO)(CO)CO.NC(=O)O.O=C(O)O. The van der Waals surface area contributed by atoms with Gasteiger partial charge in [0.25, 0.3) is 0 Å². The van der Waals surface area contributed by atoms with Gasteiger partial charge in [0.2, 0.25) is 0 Å². The van der Waals surface area contributed by atoms with Gasteiger partial charge in [-0.2, -0.15) is 0 Å². The van der Waals surface area contributed by atoms with Crippen LogP contribution < -0.4 is 5.73 Å². The summed E-state index contributed by atoms with van der Waals surface area (Å²) in [6, 6.07) is 0. The summed E-state index contributed by atoms with van der Waals surface area (Å²) in [5.41, 5.74) is 3.36. The molecule has 9 nitrogen and oxygen atoms in total. The molecule has 0 aliphatic rings. The Morgan fingerprint density at radius 3 is 1.18 bits per heavy atom. The third kappa shape index (κ3) is 20.5. The van der Waals surface area contributed by atoms with Crippen LogP contribution in [0, 0.1) is 5.41 Å². The Labute approximate surface area is 97.7 Å². The number of hydrogen-bond donors (Lipinski definition) is 7. The molecule has 8 N–H and O–H groups in total. The van der Waals surface area contributed by atoms with Crippen LogP contribution in [0.2, 0.25) is 0 Å². The molecule has 0 aliphatic carbocycles. The summed E-state index contributed by atoms with van der Waals surface area (Å²) in [5.74, 6) is 0. The van der Waals surface area contributed by atoms with Crippen LogP contribution in [0.15, 0.2) is 0 Å². The average molecular weight is 257 g/mol. The highest BCUT2D eigenvalue weighted by atomic mass is 16.6. The molecular weight excluding hydrogens is 238 g/mol. The highest BCUT2D eigenvalue weighted by Crippen LogP contribution is 2.18.